The van der Waals surface area contributed by atoms with Gasteiger partial charge in [0.2, 0.25) is 11.8 Å². The molecular weight excluding hydrogens is 302 g/mol. The molecule has 1 aliphatic carbocycles. The van der Waals surface area contributed by atoms with Crippen molar-refractivity contribution in [3.63, 3.8) is 0 Å². The van der Waals surface area contributed by atoms with Crippen LogP contribution in [0, 0.1) is 17.8 Å². The first-order valence-corrected chi connectivity index (χ1v) is 9.81. The number of rotatable bonds is 4. The van der Waals surface area contributed by atoms with Crippen molar-refractivity contribution in [1.29, 1.82) is 0 Å². The van der Waals surface area contributed by atoms with E-state index in [4.69, 9.17) is 0 Å². The van der Waals surface area contributed by atoms with Crippen molar-refractivity contribution in [1.82, 2.24) is 15.1 Å². The van der Waals surface area contributed by atoms with E-state index in [-0.39, 0.29) is 17.7 Å². The molecule has 1 atom stereocenters. The number of nitrogens with zero attached hydrogens (tertiary/aromatic N) is 2. The lowest BCUT2D eigenvalue weighted by Gasteiger charge is -2.35. The Labute approximate surface area is 146 Å². The number of nitrogens with one attached hydrogen (secondary N) is 1. The van der Waals surface area contributed by atoms with Crippen LogP contribution in [0.1, 0.15) is 51.9 Å². The minimum Gasteiger partial charge on any atom is -0.342 e. The maximum Gasteiger partial charge on any atom is 0.227 e. The summed E-state index contributed by atoms with van der Waals surface area (Å²) in [5.41, 5.74) is 0. The summed E-state index contributed by atoms with van der Waals surface area (Å²) in [6.07, 6.45) is 7.25. The van der Waals surface area contributed by atoms with Gasteiger partial charge in [-0.25, -0.2) is 0 Å². The van der Waals surface area contributed by atoms with Gasteiger partial charge in [-0.3, -0.25) is 9.59 Å². The van der Waals surface area contributed by atoms with Gasteiger partial charge in [0.1, 0.15) is 0 Å². The van der Waals surface area contributed by atoms with Crippen LogP contribution >= 0.6 is 0 Å². The second-order valence-electron chi connectivity index (χ2n) is 8.19. The predicted molar refractivity (Wildman–Crippen MR) is 94.5 cm³/mol. The van der Waals surface area contributed by atoms with Crippen LogP contribution < -0.4 is 5.32 Å². The van der Waals surface area contributed by atoms with Gasteiger partial charge in [-0.05, 0) is 64.0 Å². The number of hydrogen-bond donors (Lipinski definition) is 1. The Morgan fingerprint density at radius 2 is 1.79 bits per heavy atom. The van der Waals surface area contributed by atoms with Crippen molar-refractivity contribution in [2.45, 2.75) is 57.9 Å². The fourth-order valence-corrected chi connectivity index (χ4v) is 4.71. The normalized spacial score (nSPS) is 32.4. The van der Waals surface area contributed by atoms with E-state index in [2.05, 4.69) is 12.2 Å². The molecular formula is C19H33N3O2. The predicted octanol–water partition coefficient (Wildman–Crippen LogP) is 1.87. The van der Waals surface area contributed by atoms with Crippen LogP contribution in [0.3, 0.4) is 0 Å². The van der Waals surface area contributed by atoms with Gasteiger partial charge in [0, 0.05) is 32.1 Å². The van der Waals surface area contributed by atoms with Gasteiger partial charge in [-0.2, -0.15) is 0 Å². The molecule has 136 valence electrons. The Bertz CT molecular complexity index is 452. The van der Waals surface area contributed by atoms with Crippen molar-refractivity contribution in [2.24, 2.45) is 17.8 Å². The monoisotopic (exact) mass is 335 g/mol. The summed E-state index contributed by atoms with van der Waals surface area (Å²) in [6.45, 7) is 5.71. The quantitative estimate of drug-likeness (QED) is 0.853. The van der Waals surface area contributed by atoms with Crippen LogP contribution in [0.2, 0.25) is 0 Å². The maximum atomic E-state index is 12.8. The first kappa shape index (κ1) is 17.7. The number of piperidine rings is 1. The molecule has 0 aromatic carbocycles. The SMILES string of the molecule is CNCC1CCN(C(=O)C2CC(=O)N(C3CCC(C)CC3)C2)CC1. The minimum atomic E-state index is -0.0994. The van der Waals surface area contributed by atoms with Gasteiger partial charge in [-0.15, -0.1) is 0 Å². The summed E-state index contributed by atoms with van der Waals surface area (Å²) in [6, 6.07) is 0.382. The van der Waals surface area contributed by atoms with Crippen LogP contribution in [-0.2, 0) is 9.59 Å². The van der Waals surface area contributed by atoms with Gasteiger partial charge < -0.3 is 15.1 Å². The number of carbonyl (C=O) groups excluding carboxylic acids is 2. The number of carbonyl (C=O) groups is 2. The average molecular weight is 335 g/mol. The van der Waals surface area contributed by atoms with Gasteiger partial charge in [-0.1, -0.05) is 6.92 Å². The van der Waals surface area contributed by atoms with Crippen LogP contribution in [0.25, 0.3) is 0 Å². The second kappa shape index (κ2) is 7.85. The summed E-state index contributed by atoms with van der Waals surface area (Å²) < 4.78 is 0. The van der Waals surface area contributed by atoms with E-state index in [0.717, 1.165) is 51.2 Å². The summed E-state index contributed by atoms with van der Waals surface area (Å²) in [5.74, 6) is 1.80. The lowest BCUT2D eigenvalue weighted by molar-refractivity contribution is -0.137. The number of amides is 2. The molecule has 3 aliphatic rings. The van der Waals surface area contributed by atoms with Crippen LogP contribution in [-0.4, -0.2) is 60.9 Å². The Morgan fingerprint density at radius 3 is 2.42 bits per heavy atom. The lowest BCUT2D eigenvalue weighted by Crippen LogP contribution is -2.44. The highest BCUT2D eigenvalue weighted by atomic mass is 16.2. The lowest BCUT2D eigenvalue weighted by atomic mass is 9.86. The highest BCUT2D eigenvalue weighted by Crippen LogP contribution is 2.32. The molecule has 0 radical (unpaired) electrons. The third kappa shape index (κ3) is 3.93. The van der Waals surface area contributed by atoms with E-state index in [9.17, 15) is 9.59 Å². The zero-order valence-electron chi connectivity index (χ0n) is 15.3. The summed E-state index contributed by atoms with van der Waals surface area (Å²) >= 11 is 0. The third-order valence-corrected chi connectivity index (χ3v) is 6.35. The molecule has 24 heavy (non-hydrogen) atoms. The van der Waals surface area contributed by atoms with Gasteiger partial charge in [0.25, 0.3) is 0 Å². The highest BCUT2D eigenvalue weighted by molar-refractivity contribution is 5.89. The molecule has 1 saturated carbocycles. The standard InChI is InChI=1S/C19H33N3O2/c1-14-3-5-17(6-4-14)22-13-16(11-18(22)23)19(24)21-9-7-15(8-10-21)12-20-2/h14-17,20H,3-13H2,1-2H3. The van der Waals surface area contributed by atoms with E-state index < -0.39 is 0 Å². The Kier molecular flexibility index (Phi) is 5.80. The molecule has 1 unspecified atom stereocenters. The van der Waals surface area contributed by atoms with Crippen LogP contribution in [0.15, 0.2) is 0 Å². The molecule has 2 aliphatic heterocycles. The second-order valence-corrected chi connectivity index (χ2v) is 8.19. The first-order chi connectivity index (χ1) is 11.6. The Balaban J connectivity index is 1.51. The number of likely N-dealkylation sites (tertiary alicyclic amines) is 2. The fraction of sp³-hybridized carbons (Fsp3) is 0.895. The van der Waals surface area contributed by atoms with Crippen LogP contribution in [0.4, 0.5) is 0 Å². The van der Waals surface area contributed by atoms with E-state index in [1.54, 1.807) is 0 Å². The smallest absolute Gasteiger partial charge is 0.227 e. The summed E-state index contributed by atoms with van der Waals surface area (Å²) in [7, 11) is 1.99. The van der Waals surface area contributed by atoms with E-state index in [1.807, 2.05) is 16.8 Å². The van der Waals surface area contributed by atoms with Crippen molar-refractivity contribution in [2.75, 3.05) is 33.2 Å². The van der Waals surface area contributed by atoms with Crippen molar-refractivity contribution in [3.8, 4) is 0 Å². The highest BCUT2D eigenvalue weighted by Gasteiger charge is 2.40. The topological polar surface area (TPSA) is 52.7 Å². The fourth-order valence-electron chi connectivity index (χ4n) is 4.71. The summed E-state index contributed by atoms with van der Waals surface area (Å²) in [4.78, 5) is 29.3. The zero-order chi connectivity index (χ0) is 17.1. The maximum absolute atomic E-state index is 12.8. The molecule has 3 rings (SSSR count). The van der Waals surface area contributed by atoms with E-state index in [1.165, 1.54) is 12.8 Å². The van der Waals surface area contributed by atoms with E-state index in [0.29, 0.717) is 24.9 Å². The molecule has 3 fully saturated rings. The molecule has 5 nitrogen and oxygen atoms in total. The molecule has 2 saturated heterocycles. The van der Waals surface area contributed by atoms with Crippen LogP contribution in [0.5, 0.6) is 0 Å². The van der Waals surface area contributed by atoms with Gasteiger partial charge in [0.15, 0.2) is 0 Å². The van der Waals surface area contributed by atoms with Crippen molar-refractivity contribution in [3.05, 3.63) is 0 Å². The van der Waals surface area contributed by atoms with E-state index >= 15 is 0 Å². The number of hydrogen-bond acceptors (Lipinski definition) is 3. The molecule has 0 aromatic heterocycles. The Morgan fingerprint density at radius 1 is 1.12 bits per heavy atom. The zero-order valence-corrected chi connectivity index (χ0v) is 15.3. The molecule has 2 heterocycles. The molecule has 0 spiro atoms. The molecule has 0 bridgehead atoms. The third-order valence-electron chi connectivity index (χ3n) is 6.35. The van der Waals surface area contributed by atoms with Crippen molar-refractivity contribution < 1.29 is 9.59 Å². The molecule has 1 N–H and O–H groups in total. The average Bonchev–Trinajstić information content (AvgIpc) is 2.98. The Hall–Kier alpha value is -1.10. The van der Waals surface area contributed by atoms with Crippen molar-refractivity contribution >= 4 is 11.8 Å². The first-order valence-electron chi connectivity index (χ1n) is 9.81. The van der Waals surface area contributed by atoms with Gasteiger partial charge in [0.05, 0.1) is 5.92 Å². The molecule has 2 amide bonds. The van der Waals surface area contributed by atoms with Gasteiger partial charge >= 0.3 is 0 Å². The minimum absolute atomic E-state index is 0.0994. The largest absolute Gasteiger partial charge is 0.342 e. The summed E-state index contributed by atoms with van der Waals surface area (Å²) in [5, 5.41) is 3.23. The molecule has 5 heteroatoms. The molecule has 0 aromatic rings.